The zero-order valence-corrected chi connectivity index (χ0v) is 20.7. The average Bonchev–Trinajstić information content (AvgIpc) is 2.74. The monoisotopic (exact) mass is 616 g/mol. The molecule has 0 unspecified atom stereocenters. The van der Waals surface area contributed by atoms with Crippen molar-refractivity contribution < 1.29 is 18.7 Å². The molecule has 31 heavy (non-hydrogen) atoms. The van der Waals surface area contributed by atoms with Gasteiger partial charge >= 0.3 is 0 Å². The predicted octanol–water partition coefficient (Wildman–Crippen LogP) is 6.20. The highest BCUT2D eigenvalue weighted by molar-refractivity contribution is 14.1. The average molecular weight is 618 g/mol. The maximum atomic E-state index is 13.0. The largest absolute Gasteiger partial charge is 0.496 e. The number of methoxy groups -OCH3 is 1. The van der Waals surface area contributed by atoms with Crippen LogP contribution < -0.4 is 14.9 Å². The molecular formula is C22H16BrClFIN2O3. The Hall–Kier alpha value is -2.17. The van der Waals surface area contributed by atoms with Gasteiger partial charge in [-0.3, -0.25) is 4.79 Å². The molecule has 0 saturated heterocycles. The molecule has 5 nitrogen and oxygen atoms in total. The highest BCUT2D eigenvalue weighted by Gasteiger charge is 2.11. The number of nitrogens with zero attached hydrogens (tertiary/aromatic N) is 1. The maximum absolute atomic E-state index is 13.0. The second-order valence-corrected chi connectivity index (χ2v) is 8.70. The third-order valence-electron chi connectivity index (χ3n) is 4.11. The van der Waals surface area contributed by atoms with Gasteiger partial charge in [-0.25, -0.2) is 9.82 Å². The van der Waals surface area contributed by atoms with Crippen LogP contribution in [-0.4, -0.2) is 19.2 Å². The molecule has 0 spiro atoms. The summed E-state index contributed by atoms with van der Waals surface area (Å²) in [5.74, 6) is 0.401. The Morgan fingerprint density at radius 1 is 1.23 bits per heavy atom. The molecule has 0 heterocycles. The second kappa shape index (κ2) is 10.9. The zero-order valence-electron chi connectivity index (χ0n) is 16.2. The van der Waals surface area contributed by atoms with E-state index in [-0.39, 0.29) is 18.3 Å². The first kappa shape index (κ1) is 23.5. The smallest absolute Gasteiger partial charge is 0.271 e. The number of hydrazone groups is 1. The molecule has 3 aromatic rings. The minimum atomic E-state index is -0.365. The summed E-state index contributed by atoms with van der Waals surface area (Å²) in [6.45, 7) is 0.238. The number of nitrogens with one attached hydrogen (secondary N) is 1. The Morgan fingerprint density at radius 2 is 1.97 bits per heavy atom. The lowest BCUT2D eigenvalue weighted by atomic mass is 10.2. The quantitative estimate of drug-likeness (QED) is 0.195. The Kier molecular flexibility index (Phi) is 8.28. The standard InChI is InChI=1S/C22H16BrClFIN2O3/c1-30-20-10-15(4-7-19(20)26)22(29)28-27-11-14-8-17(23)21(18(24)9-14)31-12-13-2-5-16(25)6-3-13/h2-11H,12H2,1H3,(H,28,29)/b27-11-. The lowest BCUT2D eigenvalue weighted by molar-refractivity contribution is 0.0954. The van der Waals surface area contributed by atoms with E-state index in [9.17, 15) is 9.18 Å². The van der Waals surface area contributed by atoms with Gasteiger partial charge in [0, 0.05) is 5.56 Å². The zero-order chi connectivity index (χ0) is 22.4. The molecule has 0 aliphatic heterocycles. The summed E-state index contributed by atoms with van der Waals surface area (Å²) in [7, 11) is 1.55. The predicted molar refractivity (Wildman–Crippen MR) is 131 cm³/mol. The molecule has 1 amide bonds. The van der Waals surface area contributed by atoms with Gasteiger partial charge in [-0.1, -0.05) is 23.7 Å². The van der Waals surface area contributed by atoms with Gasteiger partial charge < -0.3 is 9.47 Å². The number of hydrogen-bond donors (Lipinski definition) is 1. The first-order chi connectivity index (χ1) is 14.9. The maximum Gasteiger partial charge on any atom is 0.271 e. The number of carbonyl (C=O) groups excluding carboxylic acids is 1. The summed E-state index contributed by atoms with van der Waals surface area (Å²) >= 11 is 11.9. The topological polar surface area (TPSA) is 59.9 Å². The molecular weight excluding hydrogens is 602 g/mol. The van der Waals surface area contributed by atoms with Crippen molar-refractivity contribution in [3.05, 3.63) is 90.2 Å². The van der Waals surface area contributed by atoms with Crippen molar-refractivity contribution in [2.45, 2.75) is 6.61 Å². The summed E-state index contributed by atoms with van der Waals surface area (Å²) in [6, 6.07) is 14.6. The van der Waals surface area contributed by atoms with E-state index in [4.69, 9.17) is 21.1 Å². The molecule has 0 bridgehead atoms. The first-order valence-corrected chi connectivity index (χ1v) is 11.2. The molecule has 0 radical (unpaired) electrons. The van der Waals surface area contributed by atoms with Crippen LogP contribution in [0.25, 0.3) is 0 Å². The van der Waals surface area contributed by atoms with Crippen LogP contribution in [0.2, 0.25) is 5.02 Å². The van der Waals surface area contributed by atoms with Gasteiger partial charge in [-0.2, -0.15) is 5.10 Å². The minimum absolute atomic E-state index is 0.238. The molecule has 3 aromatic carbocycles. The number of ether oxygens (including phenoxy) is 2. The van der Waals surface area contributed by atoms with Crippen LogP contribution in [-0.2, 0) is 6.61 Å². The normalized spacial score (nSPS) is 10.9. The van der Waals surface area contributed by atoms with Crippen molar-refractivity contribution in [2.75, 3.05) is 7.11 Å². The molecule has 0 aliphatic carbocycles. The van der Waals surface area contributed by atoms with Gasteiger partial charge in [-0.05, 0) is 92.1 Å². The van der Waals surface area contributed by atoms with Gasteiger partial charge in [-0.15, -0.1) is 0 Å². The highest BCUT2D eigenvalue weighted by Crippen LogP contribution is 2.34. The van der Waals surface area contributed by atoms with Crippen LogP contribution in [0, 0.1) is 9.39 Å². The van der Waals surface area contributed by atoms with E-state index in [2.05, 4.69) is 49.0 Å². The molecule has 0 atom stereocenters. The van der Waals surface area contributed by atoms with Crippen molar-refractivity contribution in [3.63, 3.8) is 0 Å². The van der Waals surface area contributed by atoms with Gasteiger partial charge in [0.2, 0.25) is 0 Å². The summed E-state index contributed by atoms with van der Waals surface area (Å²) in [6.07, 6.45) is 1.47. The summed E-state index contributed by atoms with van der Waals surface area (Å²) in [4.78, 5) is 12.3. The fourth-order valence-electron chi connectivity index (χ4n) is 2.56. The van der Waals surface area contributed by atoms with Gasteiger partial charge in [0.15, 0.2) is 5.75 Å². The fourth-order valence-corrected chi connectivity index (χ4v) is 4.10. The number of hydrogen-bond acceptors (Lipinski definition) is 4. The third kappa shape index (κ3) is 6.41. The van der Waals surface area contributed by atoms with E-state index in [1.807, 2.05) is 0 Å². The Balaban J connectivity index is 1.64. The number of benzene rings is 3. The lowest BCUT2D eigenvalue weighted by Crippen LogP contribution is -2.17. The number of carbonyl (C=O) groups is 1. The van der Waals surface area contributed by atoms with E-state index in [1.54, 1.807) is 49.6 Å². The third-order valence-corrected chi connectivity index (χ3v) is 5.87. The van der Waals surface area contributed by atoms with E-state index in [1.165, 1.54) is 18.3 Å². The molecule has 1 N–H and O–H groups in total. The molecule has 9 heteroatoms. The molecule has 3 rings (SSSR count). The van der Waals surface area contributed by atoms with Gasteiger partial charge in [0.1, 0.15) is 18.2 Å². The van der Waals surface area contributed by atoms with Crippen LogP contribution in [0.15, 0.2) is 64.2 Å². The van der Waals surface area contributed by atoms with Gasteiger partial charge in [0.05, 0.1) is 26.4 Å². The van der Waals surface area contributed by atoms with E-state index in [0.29, 0.717) is 32.1 Å². The molecule has 0 aromatic heterocycles. The van der Waals surface area contributed by atoms with Crippen molar-refractivity contribution in [1.82, 2.24) is 5.43 Å². The summed E-state index contributed by atoms with van der Waals surface area (Å²) in [5, 5.41) is 4.35. The highest BCUT2D eigenvalue weighted by atomic mass is 127. The van der Waals surface area contributed by atoms with Crippen LogP contribution in [0.5, 0.6) is 11.5 Å². The van der Waals surface area contributed by atoms with E-state index >= 15 is 0 Å². The number of rotatable bonds is 7. The molecule has 0 fully saturated rings. The van der Waals surface area contributed by atoms with Crippen LogP contribution in [0.3, 0.4) is 0 Å². The van der Waals surface area contributed by atoms with Crippen LogP contribution in [0.4, 0.5) is 4.39 Å². The SMILES string of the molecule is COc1cc(C(=O)N/N=C\c2cc(Cl)c(OCc3ccc(F)cc3)c(Br)c2)ccc1I. The summed E-state index contributed by atoms with van der Waals surface area (Å²) < 4.78 is 25.5. The van der Waals surface area contributed by atoms with Gasteiger partial charge in [0.25, 0.3) is 5.91 Å². The number of halogens is 4. The Bertz CT molecular complexity index is 1100. The van der Waals surface area contributed by atoms with Crippen LogP contribution in [0.1, 0.15) is 21.5 Å². The van der Waals surface area contributed by atoms with Crippen molar-refractivity contribution >= 4 is 62.2 Å². The van der Waals surface area contributed by atoms with Crippen molar-refractivity contribution in [1.29, 1.82) is 0 Å². The second-order valence-electron chi connectivity index (χ2n) is 6.28. The van der Waals surface area contributed by atoms with E-state index < -0.39 is 0 Å². The Labute approximate surface area is 205 Å². The van der Waals surface area contributed by atoms with E-state index in [0.717, 1.165) is 9.13 Å². The molecule has 0 saturated carbocycles. The Morgan fingerprint density at radius 3 is 2.65 bits per heavy atom. The molecule has 0 aliphatic rings. The fraction of sp³-hybridized carbons (Fsp3) is 0.0909. The minimum Gasteiger partial charge on any atom is -0.496 e. The molecule has 160 valence electrons. The summed E-state index contributed by atoms with van der Waals surface area (Å²) in [5.41, 5.74) is 4.37. The lowest BCUT2D eigenvalue weighted by Gasteiger charge is -2.11. The van der Waals surface area contributed by atoms with Crippen molar-refractivity contribution in [3.8, 4) is 11.5 Å². The van der Waals surface area contributed by atoms with Crippen molar-refractivity contribution in [2.24, 2.45) is 5.10 Å². The van der Waals surface area contributed by atoms with Crippen LogP contribution >= 0.6 is 50.1 Å². The number of amides is 1. The first-order valence-electron chi connectivity index (χ1n) is 8.90.